The third kappa shape index (κ3) is 2.21. The van der Waals surface area contributed by atoms with Crippen LogP contribution >= 0.6 is 0 Å². The van der Waals surface area contributed by atoms with Crippen LogP contribution in [-0.2, 0) is 11.3 Å². The van der Waals surface area contributed by atoms with Crippen LogP contribution in [0.5, 0.6) is 0 Å². The van der Waals surface area contributed by atoms with Crippen LogP contribution in [0.2, 0.25) is 0 Å². The van der Waals surface area contributed by atoms with Gasteiger partial charge in [-0.1, -0.05) is 13.0 Å². The molecule has 1 amide bonds. The number of pyridine rings is 1. The summed E-state index contributed by atoms with van der Waals surface area (Å²) in [6.07, 6.45) is 5.15. The fraction of sp³-hybridized carbons (Fsp3) is 0.333. The lowest BCUT2D eigenvalue weighted by Gasteiger charge is -2.02. The Labute approximate surface area is 94.3 Å². The number of hydrogen-bond donors (Lipinski definition) is 1. The number of rotatable bonds is 4. The molecule has 0 aliphatic carbocycles. The van der Waals surface area contributed by atoms with E-state index >= 15 is 0 Å². The first-order valence-electron chi connectivity index (χ1n) is 5.49. The lowest BCUT2D eigenvalue weighted by Crippen LogP contribution is -2.21. The number of amides is 1. The highest BCUT2D eigenvalue weighted by molar-refractivity contribution is 5.76. The number of nitrogens with zero attached hydrogens (tertiary/aromatic N) is 2. The molecule has 0 fully saturated rings. The third-order valence-corrected chi connectivity index (χ3v) is 2.46. The second-order valence-electron chi connectivity index (χ2n) is 3.73. The molecule has 4 nitrogen and oxygen atoms in total. The van der Waals surface area contributed by atoms with Gasteiger partial charge in [-0.05, 0) is 18.6 Å². The number of carbonyl (C=O) groups is 1. The lowest BCUT2D eigenvalue weighted by atomic mass is 10.2. The molecule has 0 radical (unpaired) electrons. The predicted molar refractivity (Wildman–Crippen MR) is 61.9 cm³/mol. The lowest BCUT2D eigenvalue weighted by molar-refractivity contribution is -0.121. The maximum atomic E-state index is 11.3. The Morgan fingerprint density at radius 1 is 1.50 bits per heavy atom. The van der Waals surface area contributed by atoms with Crippen LogP contribution in [0.15, 0.2) is 30.6 Å². The van der Waals surface area contributed by atoms with Gasteiger partial charge in [-0.15, -0.1) is 0 Å². The first-order valence-corrected chi connectivity index (χ1v) is 5.49. The van der Waals surface area contributed by atoms with Gasteiger partial charge >= 0.3 is 0 Å². The van der Waals surface area contributed by atoms with Crippen LogP contribution < -0.4 is 5.32 Å². The third-order valence-electron chi connectivity index (χ3n) is 2.46. The number of nitrogens with one attached hydrogen (secondary N) is 1. The van der Waals surface area contributed by atoms with Crippen LogP contribution in [-0.4, -0.2) is 15.5 Å². The van der Waals surface area contributed by atoms with Gasteiger partial charge in [-0.2, -0.15) is 5.10 Å². The van der Waals surface area contributed by atoms with Crippen LogP contribution in [0.3, 0.4) is 0 Å². The highest BCUT2D eigenvalue weighted by Crippen LogP contribution is 2.09. The van der Waals surface area contributed by atoms with E-state index in [1.165, 1.54) is 0 Å². The average molecular weight is 217 g/mol. The highest BCUT2D eigenvalue weighted by atomic mass is 16.1. The van der Waals surface area contributed by atoms with E-state index in [0.717, 1.165) is 17.5 Å². The largest absolute Gasteiger partial charge is 0.352 e. The van der Waals surface area contributed by atoms with Crippen molar-refractivity contribution in [2.45, 2.75) is 26.3 Å². The summed E-state index contributed by atoms with van der Waals surface area (Å²) in [6, 6.07) is 5.89. The van der Waals surface area contributed by atoms with Crippen molar-refractivity contribution < 1.29 is 4.79 Å². The molecule has 1 N–H and O–H groups in total. The van der Waals surface area contributed by atoms with Crippen molar-refractivity contribution in [1.29, 1.82) is 0 Å². The zero-order valence-electron chi connectivity index (χ0n) is 9.31. The molecule has 0 spiro atoms. The number of fused-ring (bicyclic) bond motifs is 1. The highest BCUT2D eigenvalue weighted by Gasteiger charge is 2.04. The van der Waals surface area contributed by atoms with Gasteiger partial charge in [-0.3, -0.25) is 4.79 Å². The topological polar surface area (TPSA) is 46.4 Å². The molecule has 2 rings (SSSR count). The molecule has 0 saturated heterocycles. The molecule has 16 heavy (non-hydrogen) atoms. The monoisotopic (exact) mass is 217 g/mol. The summed E-state index contributed by atoms with van der Waals surface area (Å²) < 4.78 is 1.81. The molecule has 84 valence electrons. The maximum absolute atomic E-state index is 11.3. The maximum Gasteiger partial charge on any atom is 0.220 e. The fourth-order valence-electron chi connectivity index (χ4n) is 1.63. The van der Waals surface area contributed by atoms with Crippen molar-refractivity contribution in [3.05, 3.63) is 36.2 Å². The molecule has 2 aromatic heterocycles. The Morgan fingerprint density at radius 2 is 2.38 bits per heavy atom. The van der Waals surface area contributed by atoms with Gasteiger partial charge in [0.05, 0.1) is 11.7 Å². The molecule has 4 heteroatoms. The number of aromatic nitrogens is 2. The van der Waals surface area contributed by atoms with Crippen molar-refractivity contribution in [1.82, 2.24) is 14.9 Å². The molecular weight excluding hydrogens is 202 g/mol. The second-order valence-corrected chi connectivity index (χ2v) is 3.73. The van der Waals surface area contributed by atoms with Crippen LogP contribution in [0.4, 0.5) is 0 Å². The van der Waals surface area contributed by atoms with Gasteiger partial charge in [-0.25, -0.2) is 4.52 Å². The molecule has 0 unspecified atom stereocenters. The van der Waals surface area contributed by atoms with E-state index in [9.17, 15) is 4.79 Å². The zero-order chi connectivity index (χ0) is 11.4. The Hall–Kier alpha value is -1.84. The van der Waals surface area contributed by atoms with E-state index in [1.54, 1.807) is 10.7 Å². The normalized spacial score (nSPS) is 10.6. The van der Waals surface area contributed by atoms with Gasteiger partial charge in [0.15, 0.2) is 0 Å². The summed E-state index contributed by atoms with van der Waals surface area (Å²) in [4.78, 5) is 11.3. The van der Waals surface area contributed by atoms with Gasteiger partial charge < -0.3 is 5.32 Å². The first kappa shape index (κ1) is 10.7. The summed E-state index contributed by atoms with van der Waals surface area (Å²) in [5, 5.41) is 7.09. The summed E-state index contributed by atoms with van der Waals surface area (Å²) >= 11 is 0. The Morgan fingerprint density at radius 3 is 3.19 bits per heavy atom. The van der Waals surface area contributed by atoms with Crippen LogP contribution in [0.25, 0.3) is 5.52 Å². The summed E-state index contributed by atoms with van der Waals surface area (Å²) in [7, 11) is 0. The van der Waals surface area contributed by atoms with E-state index < -0.39 is 0 Å². The number of carbonyl (C=O) groups excluding carboxylic acids is 1. The minimum absolute atomic E-state index is 0.0952. The summed E-state index contributed by atoms with van der Waals surface area (Å²) in [5.74, 6) is 0.0952. The van der Waals surface area contributed by atoms with E-state index in [1.807, 2.05) is 31.3 Å². The van der Waals surface area contributed by atoms with Crippen LogP contribution in [0.1, 0.15) is 25.3 Å². The van der Waals surface area contributed by atoms with Crippen molar-refractivity contribution >= 4 is 11.4 Å². The molecule has 0 aromatic carbocycles. The minimum atomic E-state index is 0.0952. The summed E-state index contributed by atoms with van der Waals surface area (Å²) in [5.41, 5.74) is 2.09. The minimum Gasteiger partial charge on any atom is -0.352 e. The van der Waals surface area contributed by atoms with E-state index in [-0.39, 0.29) is 5.91 Å². The molecule has 2 aromatic rings. The smallest absolute Gasteiger partial charge is 0.220 e. The van der Waals surface area contributed by atoms with Crippen molar-refractivity contribution in [2.24, 2.45) is 0 Å². The van der Waals surface area contributed by atoms with Crippen molar-refractivity contribution in [2.75, 3.05) is 0 Å². The van der Waals surface area contributed by atoms with Gasteiger partial charge in [0.1, 0.15) is 0 Å². The van der Waals surface area contributed by atoms with Gasteiger partial charge in [0.2, 0.25) is 5.91 Å². The molecule has 0 aliphatic heterocycles. The molecular formula is C12H15N3O. The number of hydrogen-bond acceptors (Lipinski definition) is 2. The van der Waals surface area contributed by atoms with E-state index in [4.69, 9.17) is 0 Å². The molecule has 2 heterocycles. The molecule has 0 aliphatic rings. The summed E-state index contributed by atoms with van der Waals surface area (Å²) in [6.45, 7) is 2.54. The Bertz CT molecular complexity index is 490. The van der Waals surface area contributed by atoms with E-state index in [2.05, 4.69) is 10.4 Å². The Balaban J connectivity index is 2.07. The second kappa shape index (κ2) is 4.79. The zero-order valence-corrected chi connectivity index (χ0v) is 9.31. The molecule has 0 atom stereocenters. The first-order chi connectivity index (χ1) is 7.81. The van der Waals surface area contributed by atoms with Crippen molar-refractivity contribution in [3.63, 3.8) is 0 Å². The van der Waals surface area contributed by atoms with Crippen molar-refractivity contribution in [3.8, 4) is 0 Å². The Kier molecular flexibility index (Phi) is 3.19. The van der Waals surface area contributed by atoms with Gasteiger partial charge in [0.25, 0.3) is 0 Å². The van der Waals surface area contributed by atoms with E-state index in [0.29, 0.717) is 13.0 Å². The predicted octanol–water partition coefficient (Wildman–Crippen LogP) is 1.75. The molecule has 0 bridgehead atoms. The van der Waals surface area contributed by atoms with Crippen LogP contribution in [0, 0.1) is 0 Å². The molecule has 0 saturated carbocycles. The average Bonchev–Trinajstić information content (AvgIpc) is 2.70. The quantitative estimate of drug-likeness (QED) is 0.848. The fourth-order valence-corrected chi connectivity index (χ4v) is 1.63. The van der Waals surface area contributed by atoms with Gasteiger partial charge in [0, 0.05) is 24.7 Å². The standard InChI is InChI=1S/C12H15N3O/c1-2-5-12(16)13-8-10-9-14-15-7-4-3-6-11(10)15/h3-4,6-7,9H,2,5,8H2,1H3,(H,13,16). The SMILES string of the molecule is CCCC(=O)NCc1cnn2ccccc12.